The first kappa shape index (κ1) is 10.0. The standard InChI is InChI=1S/C7H6F3NOS/c1-12-4-2-3-5(7(8,9)10)11-6(4)13/h2-3H,1H3,(H,11,13). The number of halogens is 3. The lowest BCUT2D eigenvalue weighted by molar-refractivity contribution is -0.141. The van der Waals surface area contributed by atoms with Gasteiger partial charge >= 0.3 is 6.18 Å². The second kappa shape index (κ2) is 3.37. The summed E-state index contributed by atoms with van der Waals surface area (Å²) in [6.07, 6.45) is -4.40. The molecule has 0 atom stereocenters. The van der Waals surface area contributed by atoms with Crippen molar-refractivity contribution in [3.63, 3.8) is 0 Å². The van der Waals surface area contributed by atoms with Crippen LogP contribution in [0.2, 0.25) is 0 Å². The average Bonchev–Trinajstić information content (AvgIpc) is 2.02. The molecule has 0 radical (unpaired) electrons. The lowest BCUT2D eigenvalue weighted by Crippen LogP contribution is -2.07. The zero-order valence-corrected chi connectivity index (χ0v) is 7.42. The summed E-state index contributed by atoms with van der Waals surface area (Å²) in [7, 11) is 1.34. The third-order valence-electron chi connectivity index (χ3n) is 1.40. The van der Waals surface area contributed by atoms with Gasteiger partial charge in [-0.3, -0.25) is 0 Å². The molecule has 0 saturated carbocycles. The molecule has 6 heteroatoms. The van der Waals surface area contributed by atoms with E-state index in [4.69, 9.17) is 4.74 Å². The van der Waals surface area contributed by atoms with E-state index < -0.39 is 11.9 Å². The second-order valence-corrected chi connectivity index (χ2v) is 2.68. The van der Waals surface area contributed by atoms with E-state index in [1.807, 2.05) is 4.98 Å². The molecule has 0 bridgehead atoms. The van der Waals surface area contributed by atoms with Crippen molar-refractivity contribution in [2.45, 2.75) is 6.18 Å². The molecule has 1 aromatic rings. The van der Waals surface area contributed by atoms with Crippen LogP contribution >= 0.6 is 12.2 Å². The summed E-state index contributed by atoms with van der Waals surface area (Å²) in [6, 6.07) is 2.07. The van der Waals surface area contributed by atoms with E-state index >= 15 is 0 Å². The highest BCUT2D eigenvalue weighted by atomic mass is 32.1. The Morgan fingerprint density at radius 1 is 1.38 bits per heavy atom. The quantitative estimate of drug-likeness (QED) is 0.719. The van der Waals surface area contributed by atoms with E-state index in [-0.39, 0.29) is 10.4 Å². The summed E-state index contributed by atoms with van der Waals surface area (Å²) in [4.78, 5) is 2.03. The number of ether oxygens (including phenoxy) is 1. The second-order valence-electron chi connectivity index (χ2n) is 2.27. The number of aromatic nitrogens is 1. The predicted octanol–water partition coefficient (Wildman–Crippen LogP) is 2.77. The fourth-order valence-corrected chi connectivity index (χ4v) is 1.05. The molecule has 0 aliphatic heterocycles. The van der Waals surface area contributed by atoms with E-state index in [0.29, 0.717) is 0 Å². The van der Waals surface area contributed by atoms with Gasteiger partial charge in [-0.25, -0.2) is 0 Å². The Labute approximate surface area is 77.3 Å². The Morgan fingerprint density at radius 3 is 2.38 bits per heavy atom. The number of rotatable bonds is 1. The number of alkyl halides is 3. The highest BCUT2D eigenvalue weighted by Crippen LogP contribution is 2.28. The maximum Gasteiger partial charge on any atom is 0.431 e. The topological polar surface area (TPSA) is 25.0 Å². The lowest BCUT2D eigenvalue weighted by Gasteiger charge is -2.07. The number of hydrogen-bond donors (Lipinski definition) is 1. The van der Waals surface area contributed by atoms with Crippen molar-refractivity contribution in [3.05, 3.63) is 22.5 Å². The number of aromatic amines is 1. The van der Waals surface area contributed by atoms with Crippen molar-refractivity contribution in [3.8, 4) is 5.75 Å². The Bertz CT molecular complexity index is 357. The van der Waals surface area contributed by atoms with Crippen molar-refractivity contribution in [1.29, 1.82) is 0 Å². The molecule has 0 saturated heterocycles. The maximum absolute atomic E-state index is 12.1. The van der Waals surface area contributed by atoms with Crippen molar-refractivity contribution in [1.82, 2.24) is 4.98 Å². The Balaban J connectivity index is 3.18. The number of nitrogens with one attached hydrogen (secondary N) is 1. The molecular formula is C7H6F3NOS. The van der Waals surface area contributed by atoms with Crippen LogP contribution in [0.4, 0.5) is 13.2 Å². The third-order valence-corrected chi connectivity index (χ3v) is 1.70. The highest BCUT2D eigenvalue weighted by Gasteiger charge is 2.31. The first-order chi connectivity index (χ1) is 5.95. The Kier molecular flexibility index (Phi) is 2.60. The summed E-state index contributed by atoms with van der Waals surface area (Å²) in [5, 5.41) is 0. The van der Waals surface area contributed by atoms with E-state index in [1.54, 1.807) is 0 Å². The van der Waals surface area contributed by atoms with E-state index in [0.717, 1.165) is 6.07 Å². The summed E-state index contributed by atoms with van der Waals surface area (Å²) in [5.74, 6) is 0.225. The lowest BCUT2D eigenvalue weighted by atomic mass is 10.3. The Morgan fingerprint density at radius 2 is 2.00 bits per heavy atom. The molecule has 0 aliphatic rings. The zero-order valence-electron chi connectivity index (χ0n) is 6.61. The number of pyridine rings is 1. The first-order valence-corrected chi connectivity index (χ1v) is 3.70. The molecule has 0 fully saturated rings. The molecule has 0 spiro atoms. The van der Waals surface area contributed by atoms with Crippen molar-refractivity contribution >= 4 is 12.2 Å². The van der Waals surface area contributed by atoms with Gasteiger partial charge in [-0.05, 0) is 12.1 Å². The van der Waals surface area contributed by atoms with Crippen molar-refractivity contribution in [2.24, 2.45) is 0 Å². The van der Waals surface area contributed by atoms with Gasteiger partial charge in [0.15, 0.2) is 5.75 Å². The van der Waals surface area contributed by atoms with Crippen LogP contribution in [0.1, 0.15) is 5.69 Å². The molecule has 0 aliphatic carbocycles. The molecule has 72 valence electrons. The van der Waals surface area contributed by atoms with E-state index in [2.05, 4.69) is 12.2 Å². The Hall–Kier alpha value is -1.04. The van der Waals surface area contributed by atoms with Crippen LogP contribution in [0.5, 0.6) is 5.75 Å². The van der Waals surface area contributed by atoms with Gasteiger partial charge in [-0.15, -0.1) is 0 Å². The molecule has 1 N–H and O–H groups in total. The minimum absolute atomic E-state index is 0.0580. The van der Waals surface area contributed by atoms with Crippen molar-refractivity contribution in [2.75, 3.05) is 7.11 Å². The van der Waals surface area contributed by atoms with Gasteiger partial charge in [0.25, 0.3) is 0 Å². The zero-order chi connectivity index (χ0) is 10.1. The SMILES string of the molecule is COc1ccc(C(F)(F)F)[nH]c1=S. The van der Waals surface area contributed by atoms with Crippen LogP contribution in [-0.2, 0) is 6.18 Å². The smallest absolute Gasteiger partial charge is 0.431 e. The first-order valence-electron chi connectivity index (χ1n) is 3.29. The molecule has 0 unspecified atom stereocenters. The fraction of sp³-hybridized carbons (Fsp3) is 0.286. The van der Waals surface area contributed by atoms with Gasteiger partial charge in [0.1, 0.15) is 10.3 Å². The molecule has 1 aromatic heterocycles. The molecule has 13 heavy (non-hydrogen) atoms. The number of methoxy groups -OCH3 is 1. The highest BCUT2D eigenvalue weighted by molar-refractivity contribution is 7.71. The molecule has 0 amide bonds. The van der Waals surface area contributed by atoms with Gasteiger partial charge in [-0.2, -0.15) is 13.2 Å². The normalized spacial score (nSPS) is 11.4. The monoisotopic (exact) mass is 209 g/mol. The minimum Gasteiger partial charge on any atom is -0.494 e. The van der Waals surface area contributed by atoms with E-state index in [9.17, 15) is 13.2 Å². The third kappa shape index (κ3) is 2.21. The van der Waals surface area contributed by atoms with Gasteiger partial charge in [0.05, 0.1) is 7.11 Å². The number of H-pyrrole nitrogens is 1. The van der Waals surface area contributed by atoms with Crippen molar-refractivity contribution < 1.29 is 17.9 Å². The van der Waals surface area contributed by atoms with Crippen LogP contribution in [-0.4, -0.2) is 12.1 Å². The molecule has 1 heterocycles. The molecule has 1 rings (SSSR count). The van der Waals surface area contributed by atoms with Gasteiger partial charge in [0.2, 0.25) is 0 Å². The largest absolute Gasteiger partial charge is 0.494 e. The summed E-state index contributed by atoms with van der Waals surface area (Å²) in [6.45, 7) is 0. The molecule has 0 aromatic carbocycles. The predicted molar refractivity (Wildman–Crippen MR) is 43.2 cm³/mol. The van der Waals surface area contributed by atoms with Crippen LogP contribution < -0.4 is 4.74 Å². The molecule has 2 nitrogen and oxygen atoms in total. The average molecular weight is 209 g/mol. The van der Waals surface area contributed by atoms with Crippen LogP contribution in [0, 0.1) is 4.64 Å². The summed E-state index contributed by atoms with van der Waals surface area (Å²) in [5.41, 5.74) is -0.877. The fourth-order valence-electron chi connectivity index (χ4n) is 0.786. The molecular weight excluding hydrogens is 203 g/mol. The minimum atomic E-state index is -4.40. The van der Waals surface area contributed by atoms with E-state index in [1.165, 1.54) is 13.2 Å². The van der Waals surface area contributed by atoms with Gasteiger partial charge in [0, 0.05) is 0 Å². The van der Waals surface area contributed by atoms with Crippen LogP contribution in [0.25, 0.3) is 0 Å². The van der Waals surface area contributed by atoms with Crippen LogP contribution in [0.3, 0.4) is 0 Å². The summed E-state index contributed by atoms with van der Waals surface area (Å²) >= 11 is 4.63. The van der Waals surface area contributed by atoms with Gasteiger partial charge in [-0.1, -0.05) is 12.2 Å². The maximum atomic E-state index is 12.1. The number of hydrogen-bond acceptors (Lipinski definition) is 2. The van der Waals surface area contributed by atoms with Gasteiger partial charge < -0.3 is 9.72 Å². The van der Waals surface area contributed by atoms with Crippen LogP contribution in [0.15, 0.2) is 12.1 Å². The summed E-state index contributed by atoms with van der Waals surface area (Å²) < 4.78 is 40.9.